The first kappa shape index (κ1) is 16.7. The average Bonchev–Trinajstić information content (AvgIpc) is 3.02. The minimum Gasteiger partial charge on any atom is -0.338 e. The van der Waals surface area contributed by atoms with E-state index in [2.05, 4.69) is 20.5 Å². The third-order valence-electron chi connectivity index (χ3n) is 3.54. The summed E-state index contributed by atoms with van der Waals surface area (Å²) in [4.78, 5) is 16.6. The average molecular weight is 346 g/mol. The second-order valence-electron chi connectivity index (χ2n) is 5.34. The van der Waals surface area contributed by atoms with Gasteiger partial charge in [-0.1, -0.05) is 30.3 Å². The number of amides is 1. The van der Waals surface area contributed by atoms with Crippen LogP contribution in [0.5, 0.6) is 0 Å². The van der Waals surface area contributed by atoms with E-state index in [0.717, 1.165) is 0 Å². The summed E-state index contributed by atoms with van der Waals surface area (Å²) in [5.41, 5.74) is 0.0462. The Balaban J connectivity index is 1.96. The number of halogens is 3. The van der Waals surface area contributed by atoms with E-state index in [1.54, 1.807) is 37.3 Å². The van der Waals surface area contributed by atoms with Crippen molar-refractivity contribution in [1.82, 2.24) is 20.5 Å². The molecule has 3 aromatic rings. The molecule has 1 atom stereocenters. The number of carbonyl (C=O) groups excluding carboxylic acids is 1. The summed E-state index contributed by atoms with van der Waals surface area (Å²) < 4.78 is 40.2. The van der Waals surface area contributed by atoms with E-state index in [4.69, 9.17) is 0 Å². The van der Waals surface area contributed by atoms with Gasteiger partial charge in [-0.15, -0.1) is 0 Å². The minimum absolute atomic E-state index is 0.264. The number of aromatic amines is 1. The summed E-state index contributed by atoms with van der Waals surface area (Å²) in [5, 5.41) is 9.23. The van der Waals surface area contributed by atoms with E-state index in [-0.39, 0.29) is 5.82 Å². The lowest BCUT2D eigenvalue weighted by atomic mass is 10.1. The molecule has 0 saturated heterocycles. The quantitative estimate of drug-likeness (QED) is 0.714. The molecular weight excluding hydrogens is 333 g/mol. The second kappa shape index (κ2) is 6.76. The van der Waals surface area contributed by atoms with Gasteiger partial charge in [0.1, 0.15) is 17.7 Å². The van der Waals surface area contributed by atoms with Crippen molar-refractivity contribution in [3.8, 4) is 0 Å². The largest absolute Gasteiger partial charge is 0.338 e. The molecule has 0 fully saturated rings. The highest BCUT2D eigenvalue weighted by Crippen LogP contribution is 2.21. The number of H-pyrrole nitrogens is 1. The summed E-state index contributed by atoms with van der Waals surface area (Å²) in [6.07, 6.45) is 0. The van der Waals surface area contributed by atoms with Crippen LogP contribution in [-0.2, 0) is 0 Å². The zero-order valence-electron chi connectivity index (χ0n) is 13.1. The molecule has 0 saturated carbocycles. The van der Waals surface area contributed by atoms with Crippen LogP contribution in [0.15, 0.2) is 42.5 Å². The first-order chi connectivity index (χ1) is 12.0. The van der Waals surface area contributed by atoms with Crippen molar-refractivity contribution in [3.05, 3.63) is 82.7 Å². The maximum absolute atomic E-state index is 13.8. The van der Waals surface area contributed by atoms with Crippen molar-refractivity contribution in [1.29, 1.82) is 0 Å². The van der Waals surface area contributed by atoms with Crippen LogP contribution in [-0.4, -0.2) is 21.1 Å². The number of aromatic nitrogens is 3. The summed E-state index contributed by atoms with van der Waals surface area (Å²) in [6, 6.07) is 8.84. The summed E-state index contributed by atoms with van der Waals surface area (Å²) in [7, 11) is 0. The fourth-order valence-corrected chi connectivity index (χ4v) is 2.34. The van der Waals surface area contributed by atoms with Gasteiger partial charge in [-0.3, -0.25) is 9.89 Å². The van der Waals surface area contributed by atoms with E-state index in [9.17, 15) is 18.0 Å². The second-order valence-corrected chi connectivity index (χ2v) is 5.34. The van der Waals surface area contributed by atoms with E-state index >= 15 is 0 Å². The van der Waals surface area contributed by atoms with E-state index in [0.29, 0.717) is 23.5 Å². The van der Waals surface area contributed by atoms with Crippen LogP contribution in [0.1, 0.15) is 33.6 Å². The van der Waals surface area contributed by atoms with Crippen LogP contribution in [0.4, 0.5) is 13.2 Å². The van der Waals surface area contributed by atoms with E-state index in [1.165, 1.54) is 0 Å². The lowest BCUT2D eigenvalue weighted by Gasteiger charge is -2.16. The lowest BCUT2D eigenvalue weighted by molar-refractivity contribution is 0.0937. The van der Waals surface area contributed by atoms with Gasteiger partial charge in [0.2, 0.25) is 0 Å². The van der Waals surface area contributed by atoms with Crippen LogP contribution >= 0.6 is 0 Å². The van der Waals surface area contributed by atoms with Crippen LogP contribution in [0.2, 0.25) is 0 Å². The van der Waals surface area contributed by atoms with E-state index in [1.807, 2.05) is 0 Å². The Morgan fingerprint density at radius 2 is 1.76 bits per heavy atom. The van der Waals surface area contributed by atoms with Crippen LogP contribution in [0.3, 0.4) is 0 Å². The van der Waals surface area contributed by atoms with Crippen molar-refractivity contribution in [2.24, 2.45) is 0 Å². The Morgan fingerprint density at radius 1 is 1.08 bits per heavy atom. The molecule has 5 nitrogen and oxygen atoms in total. The van der Waals surface area contributed by atoms with Crippen molar-refractivity contribution < 1.29 is 18.0 Å². The van der Waals surface area contributed by atoms with Crippen molar-refractivity contribution >= 4 is 5.91 Å². The molecule has 0 bridgehead atoms. The fourth-order valence-electron chi connectivity index (χ4n) is 2.34. The van der Waals surface area contributed by atoms with Gasteiger partial charge in [0.05, 0.1) is 5.56 Å². The Bertz CT molecular complexity index is 912. The topological polar surface area (TPSA) is 70.7 Å². The molecule has 0 aliphatic rings. The van der Waals surface area contributed by atoms with Gasteiger partial charge >= 0.3 is 0 Å². The SMILES string of the molecule is Cc1nc(C(NC(=O)c2cc(F)c(F)cc2F)c2ccccc2)n[nH]1. The van der Waals surface area contributed by atoms with Crippen LogP contribution in [0.25, 0.3) is 0 Å². The molecule has 1 unspecified atom stereocenters. The minimum atomic E-state index is -1.36. The molecule has 25 heavy (non-hydrogen) atoms. The van der Waals surface area contributed by atoms with Gasteiger partial charge in [0.25, 0.3) is 5.91 Å². The monoisotopic (exact) mass is 346 g/mol. The summed E-state index contributed by atoms with van der Waals surface area (Å²) in [6.45, 7) is 1.69. The number of nitrogens with zero attached hydrogens (tertiary/aromatic N) is 2. The number of rotatable bonds is 4. The number of carbonyl (C=O) groups is 1. The van der Waals surface area contributed by atoms with E-state index < -0.39 is 35.0 Å². The third kappa shape index (κ3) is 3.52. The Morgan fingerprint density at radius 3 is 2.40 bits per heavy atom. The molecule has 2 N–H and O–H groups in total. The molecule has 0 aliphatic heterocycles. The van der Waals surface area contributed by atoms with Gasteiger partial charge in [-0.05, 0) is 18.6 Å². The fraction of sp³-hybridized carbons (Fsp3) is 0.118. The molecule has 8 heteroatoms. The molecule has 0 radical (unpaired) electrons. The van der Waals surface area contributed by atoms with Crippen LogP contribution in [0, 0.1) is 24.4 Å². The molecule has 0 spiro atoms. The van der Waals surface area contributed by atoms with Gasteiger partial charge in [-0.25, -0.2) is 18.2 Å². The standard InChI is InChI=1S/C17H13F3N4O/c1-9-21-16(24-23-9)15(10-5-3-2-4-6-10)22-17(25)11-7-13(19)14(20)8-12(11)18/h2-8,15H,1H3,(H,22,25)(H,21,23,24). The number of aryl methyl sites for hydroxylation is 1. The summed E-state index contributed by atoms with van der Waals surface area (Å²) >= 11 is 0. The molecule has 3 rings (SSSR count). The molecule has 2 aromatic carbocycles. The molecule has 0 aliphatic carbocycles. The molecule has 128 valence electrons. The highest BCUT2D eigenvalue weighted by Gasteiger charge is 2.24. The Labute approximate surface area is 140 Å². The number of benzene rings is 2. The lowest BCUT2D eigenvalue weighted by Crippen LogP contribution is -2.31. The molecule has 1 amide bonds. The summed E-state index contributed by atoms with van der Waals surface area (Å²) in [5.74, 6) is -3.94. The van der Waals surface area contributed by atoms with Crippen molar-refractivity contribution in [2.75, 3.05) is 0 Å². The van der Waals surface area contributed by atoms with Crippen molar-refractivity contribution in [2.45, 2.75) is 13.0 Å². The van der Waals surface area contributed by atoms with Gasteiger partial charge < -0.3 is 5.32 Å². The highest BCUT2D eigenvalue weighted by molar-refractivity contribution is 5.94. The van der Waals surface area contributed by atoms with Gasteiger partial charge in [0.15, 0.2) is 17.5 Å². The zero-order chi connectivity index (χ0) is 18.0. The molecule has 1 aromatic heterocycles. The number of nitrogens with one attached hydrogen (secondary N) is 2. The first-order valence-corrected chi connectivity index (χ1v) is 7.35. The maximum Gasteiger partial charge on any atom is 0.255 e. The predicted octanol–water partition coefficient (Wildman–Crippen LogP) is 3.05. The molecule has 1 heterocycles. The Kier molecular flexibility index (Phi) is 4.51. The first-order valence-electron chi connectivity index (χ1n) is 7.35. The third-order valence-corrected chi connectivity index (χ3v) is 3.54. The Hall–Kier alpha value is -3.16. The number of hydrogen-bond donors (Lipinski definition) is 2. The zero-order valence-corrected chi connectivity index (χ0v) is 13.1. The number of hydrogen-bond acceptors (Lipinski definition) is 3. The predicted molar refractivity (Wildman–Crippen MR) is 83.2 cm³/mol. The van der Waals surface area contributed by atoms with Gasteiger partial charge in [-0.2, -0.15) is 5.10 Å². The highest BCUT2D eigenvalue weighted by atomic mass is 19.2. The smallest absolute Gasteiger partial charge is 0.255 e. The van der Waals surface area contributed by atoms with Gasteiger partial charge in [0, 0.05) is 6.07 Å². The van der Waals surface area contributed by atoms with Crippen molar-refractivity contribution in [3.63, 3.8) is 0 Å². The van der Waals surface area contributed by atoms with Crippen LogP contribution < -0.4 is 5.32 Å². The normalized spacial score (nSPS) is 12.0. The molecular formula is C17H13F3N4O. The maximum atomic E-state index is 13.8.